The van der Waals surface area contributed by atoms with Crippen molar-refractivity contribution < 1.29 is 38.2 Å². The Balaban J connectivity index is 0.00000786. The van der Waals surface area contributed by atoms with Crippen LogP contribution >= 0.6 is 0 Å². The summed E-state index contributed by atoms with van der Waals surface area (Å²) in [4.78, 5) is 23.8. The molecule has 0 bridgehead atoms. The average Bonchev–Trinajstić information content (AvgIpc) is 1.25. The first-order valence-electron chi connectivity index (χ1n) is 29.2. The summed E-state index contributed by atoms with van der Waals surface area (Å²) in [7, 11) is 0. The third-order valence-corrected chi connectivity index (χ3v) is 13.5. The predicted molar refractivity (Wildman–Crippen MR) is 296 cm³/mol. The average molecular weight is 1150 g/mol. The second-order valence-electron chi connectivity index (χ2n) is 19.6. The van der Waals surface area contributed by atoms with Crippen LogP contribution in [0.25, 0.3) is 78.4 Å². The topological polar surface area (TPSA) is 77.6 Å². The van der Waals surface area contributed by atoms with E-state index in [4.69, 9.17) is 32.6 Å². The Hall–Kier alpha value is -7.70. The smallest absolute Gasteiger partial charge is 0.497 e. The molecule has 5 heterocycles. The molecule has 0 N–H and O–H groups in total. The van der Waals surface area contributed by atoms with Gasteiger partial charge >= 0.3 is 20.1 Å². The zero-order valence-corrected chi connectivity index (χ0v) is 43.6. The minimum absolute atomic E-state index is 0. The summed E-state index contributed by atoms with van der Waals surface area (Å²) in [6, 6.07) is 56.5. The third-order valence-electron chi connectivity index (χ3n) is 13.5. The van der Waals surface area contributed by atoms with E-state index in [-0.39, 0.29) is 65.0 Å². The number of benzene rings is 6. The first-order chi connectivity index (χ1) is 39.4. The van der Waals surface area contributed by atoms with Crippen molar-refractivity contribution in [1.82, 2.24) is 24.9 Å². The van der Waals surface area contributed by atoms with E-state index in [1.54, 1.807) is 66.7 Å². The van der Waals surface area contributed by atoms with E-state index in [1.807, 2.05) is 73.1 Å². The number of hydrogen-bond donors (Lipinski definition) is 0. The van der Waals surface area contributed by atoms with Gasteiger partial charge in [0.2, 0.25) is 0 Å². The molecule has 11 rings (SSSR count). The number of aromatic nitrogens is 5. The van der Waals surface area contributed by atoms with Crippen molar-refractivity contribution in [3.63, 3.8) is 0 Å². The maximum atomic E-state index is 10.1. The maximum Gasteiger partial charge on any atom is 3.00 e. The van der Waals surface area contributed by atoms with Crippen molar-refractivity contribution in [2.75, 3.05) is 0 Å². The molecule has 7 heteroatoms. The van der Waals surface area contributed by atoms with Crippen LogP contribution in [0.2, 0.25) is 0 Å². The maximum absolute atomic E-state index is 10.1. The van der Waals surface area contributed by atoms with Crippen LogP contribution in [0, 0.1) is 31.9 Å². The molecule has 0 saturated carbocycles. The van der Waals surface area contributed by atoms with Gasteiger partial charge in [0.05, 0.1) is 11.8 Å². The van der Waals surface area contributed by atoms with Gasteiger partial charge in [0, 0.05) is 37.9 Å². The Morgan fingerprint density at radius 2 is 1.11 bits per heavy atom. The van der Waals surface area contributed by atoms with Gasteiger partial charge in [0.1, 0.15) is 5.52 Å². The summed E-state index contributed by atoms with van der Waals surface area (Å²) in [6.45, 7) is 3.35. The van der Waals surface area contributed by atoms with Gasteiger partial charge in [-0.05, 0) is 128 Å². The minimum Gasteiger partial charge on any atom is -0.497 e. The molecule has 74 heavy (non-hydrogen) atoms. The summed E-state index contributed by atoms with van der Waals surface area (Å²) in [5.74, 6) is 0.184. The summed E-state index contributed by atoms with van der Waals surface area (Å²) in [5.41, 5.74) is 7.83. The SMILES string of the molecule is [2H]C([2H])([2H])c1ccccc1-c1ncc2oc3c(-c4cc(-c5ccccc5C([2H])([2H])[2H])c(C([2H])([2H])C([2H])([2H])c5cc(CC(C)(C)c6ccc(-c7[c-]cccc7)nc6)cc(CC(C)(C)c6ccc(-c7[c-]cccc7)nc6)c5)cn4)[c-]ccc3c2n1.[Ir+3]. The van der Waals surface area contributed by atoms with Gasteiger partial charge in [0.15, 0.2) is 11.4 Å². The van der Waals surface area contributed by atoms with Gasteiger partial charge < -0.3 is 19.4 Å². The van der Waals surface area contributed by atoms with Gasteiger partial charge in [0.25, 0.3) is 0 Å². The van der Waals surface area contributed by atoms with Gasteiger partial charge in [-0.15, -0.1) is 90.0 Å². The molecule has 5 aromatic heterocycles. The van der Waals surface area contributed by atoms with Gasteiger partial charge in [-0.3, -0.25) is 0 Å². The van der Waals surface area contributed by atoms with E-state index in [0.29, 0.717) is 46.0 Å². The van der Waals surface area contributed by atoms with Crippen LogP contribution in [0.1, 0.15) is 85.9 Å². The molecule has 0 fully saturated rings. The van der Waals surface area contributed by atoms with Crippen molar-refractivity contribution in [1.29, 1.82) is 0 Å². The fraction of sp³-hybridized carbons (Fsp3) is 0.179. The third kappa shape index (κ3) is 10.4. The van der Waals surface area contributed by atoms with Crippen LogP contribution in [0.3, 0.4) is 0 Å². The van der Waals surface area contributed by atoms with Crippen molar-refractivity contribution >= 4 is 22.1 Å². The molecule has 0 radical (unpaired) electrons. The zero-order chi connectivity index (χ0) is 58.7. The molecule has 0 spiro atoms. The van der Waals surface area contributed by atoms with Crippen LogP contribution in [0.15, 0.2) is 187 Å². The number of fused-ring (bicyclic) bond motifs is 3. The summed E-state index contributed by atoms with van der Waals surface area (Å²) >= 11 is 0. The number of aryl methyl sites for hydroxylation is 4. The summed E-state index contributed by atoms with van der Waals surface area (Å²) < 4.78 is 97.3. The van der Waals surface area contributed by atoms with Gasteiger partial charge in [-0.25, -0.2) is 9.97 Å². The van der Waals surface area contributed by atoms with E-state index in [2.05, 4.69) is 69.1 Å². The fourth-order valence-corrected chi connectivity index (χ4v) is 9.57. The quantitative estimate of drug-likeness (QED) is 0.101. The second kappa shape index (κ2) is 21.0. The van der Waals surface area contributed by atoms with E-state index < -0.39 is 37.3 Å². The van der Waals surface area contributed by atoms with Crippen molar-refractivity contribution in [3.8, 4) is 56.3 Å². The summed E-state index contributed by atoms with van der Waals surface area (Å²) in [6.07, 6.45) is 1.72. The van der Waals surface area contributed by atoms with Crippen molar-refractivity contribution in [3.05, 3.63) is 245 Å². The summed E-state index contributed by atoms with van der Waals surface area (Å²) in [5, 5.41) is 0.533. The Morgan fingerprint density at radius 1 is 0.527 bits per heavy atom. The first-order valence-corrected chi connectivity index (χ1v) is 24.2. The van der Waals surface area contributed by atoms with Crippen LogP contribution in [-0.2, 0) is 56.5 Å². The Morgan fingerprint density at radius 3 is 1.70 bits per heavy atom. The Bertz CT molecular complexity index is 4070. The molecule has 6 aromatic carbocycles. The zero-order valence-electron chi connectivity index (χ0n) is 51.2. The molecule has 11 aromatic rings. The Kier molecular flexibility index (Phi) is 11.0. The molecule has 0 aliphatic carbocycles. The number of pyridine rings is 3. The first kappa shape index (κ1) is 38.9. The molecule has 0 atom stereocenters. The van der Waals surface area contributed by atoms with Crippen LogP contribution < -0.4 is 0 Å². The van der Waals surface area contributed by atoms with Crippen LogP contribution in [-0.4, -0.2) is 24.9 Å². The van der Waals surface area contributed by atoms with E-state index >= 15 is 0 Å². The van der Waals surface area contributed by atoms with Gasteiger partial charge in [-0.2, -0.15) is 0 Å². The number of hydrogen-bond acceptors (Lipinski definition) is 6. The number of furan rings is 1. The van der Waals surface area contributed by atoms with Crippen LogP contribution in [0.4, 0.5) is 0 Å². The molecule has 0 aliphatic heterocycles. The largest absolute Gasteiger partial charge is 3.00 e. The minimum atomic E-state index is -2.87. The molecular weight excluding hydrogens is 1080 g/mol. The van der Waals surface area contributed by atoms with Crippen molar-refractivity contribution in [2.45, 2.75) is 77.8 Å². The van der Waals surface area contributed by atoms with E-state index in [9.17, 15) is 5.48 Å². The van der Waals surface area contributed by atoms with Crippen LogP contribution in [0.5, 0.6) is 0 Å². The fourth-order valence-electron chi connectivity index (χ4n) is 9.57. The number of rotatable bonds is 14. The second-order valence-corrected chi connectivity index (χ2v) is 19.6. The Labute approximate surface area is 462 Å². The molecule has 0 unspecified atom stereocenters. The molecule has 6 nitrogen and oxygen atoms in total. The van der Waals surface area contributed by atoms with E-state index in [1.165, 1.54) is 24.5 Å². The molecular formula is C67H56IrN5O. The van der Waals surface area contributed by atoms with Crippen molar-refractivity contribution in [2.24, 2.45) is 0 Å². The van der Waals surface area contributed by atoms with Gasteiger partial charge in [-0.1, -0.05) is 130 Å². The van der Waals surface area contributed by atoms with E-state index in [0.717, 1.165) is 44.8 Å². The number of nitrogens with zero attached hydrogens (tertiary/aromatic N) is 5. The molecule has 0 aliphatic rings. The molecule has 364 valence electrons. The normalized spacial score (nSPS) is 14.5. The monoisotopic (exact) mass is 1150 g/mol. The molecule has 0 saturated heterocycles. The molecule has 0 amide bonds. The predicted octanol–water partition coefficient (Wildman–Crippen LogP) is 15.7. The standard InChI is InChI=1S/C67H56N5O.Ir/c1-44-18-13-15-24-54(44)58-37-61(56-26-17-27-57-63-62(73-64(56)57)43-71-65(72-63)55-25-16-14-19-45(55)2)68-40-51(58)29-28-46-34-47(38-66(3,4)52-30-32-59(69-41-52)49-20-9-7-10-21-49)36-48(35-46)39-67(5,6)53-31-33-60(70-42-53)50-22-11-8-12-23-50;/h7-20,22,24-25,27,30-37,40-43H,28-29,38-39H2,1-6H3;/q-3;+3/i1D3,2D3,28D2,29D2;.